The lowest BCUT2D eigenvalue weighted by atomic mass is 10.1. The van der Waals surface area contributed by atoms with E-state index in [4.69, 9.17) is 9.47 Å². The molecule has 3 aromatic rings. The number of anilines is 1. The lowest BCUT2D eigenvalue weighted by Gasteiger charge is -2.03. The van der Waals surface area contributed by atoms with Crippen molar-refractivity contribution in [3.05, 3.63) is 65.6 Å². The van der Waals surface area contributed by atoms with E-state index < -0.39 is 0 Å². The third kappa shape index (κ3) is 4.80. The third-order valence-corrected chi connectivity index (χ3v) is 4.83. The van der Waals surface area contributed by atoms with Crippen LogP contribution in [0.3, 0.4) is 0 Å². The van der Waals surface area contributed by atoms with Gasteiger partial charge in [0, 0.05) is 17.0 Å². The second kappa shape index (κ2) is 8.57. The van der Waals surface area contributed by atoms with E-state index in [0.717, 1.165) is 16.8 Å². The van der Waals surface area contributed by atoms with Crippen LogP contribution in [-0.4, -0.2) is 30.1 Å². The first-order valence-corrected chi connectivity index (χ1v) is 9.72. The number of carbonyl (C=O) groups excluding carboxylic acids is 2. The molecule has 0 spiro atoms. The number of carbonyl (C=O) groups is 2. The van der Waals surface area contributed by atoms with E-state index in [1.807, 2.05) is 53.9 Å². The van der Waals surface area contributed by atoms with Crippen molar-refractivity contribution >= 4 is 34.4 Å². The van der Waals surface area contributed by atoms with Crippen LogP contribution in [0.2, 0.25) is 0 Å². The molecule has 4 rings (SSSR count). The van der Waals surface area contributed by atoms with Gasteiger partial charge < -0.3 is 20.1 Å². The lowest BCUT2D eigenvalue weighted by molar-refractivity contribution is -0.121. The van der Waals surface area contributed by atoms with Crippen molar-refractivity contribution < 1.29 is 19.1 Å². The average Bonchev–Trinajstić information content (AvgIpc) is 3.40. The Morgan fingerprint density at radius 1 is 1.10 bits per heavy atom. The zero-order valence-corrected chi connectivity index (χ0v) is 16.1. The summed E-state index contributed by atoms with van der Waals surface area (Å²) in [5.41, 5.74) is 2.50. The van der Waals surface area contributed by atoms with Gasteiger partial charge in [0.15, 0.2) is 16.6 Å². The minimum atomic E-state index is -0.349. The Hall–Kier alpha value is -3.65. The highest BCUT2D eigenvalue weighted by molar-refractivity contribution is 7.14. The van der Waals surface area contributed by atoms with Gasteiger partial charge in [0.25, 0.3) is 0 Å². The number of amides is 2. The largest absolute Gasteiger partial charge is 0.454 e. The Balaban J connectivity index is 1.29. The summed E-state index contributed by atoms with van der Waals surface area (Å²) >= 11 is 1.31. The highest BCUT2D eigenvalue weighted by Gasteiger charge is 2.15. The molecule has 2 heterocycles. The average molecular weight is 407 g/mol. The predicted molar refractivity (Wildman–Crippen MR) is 111 cm³/mol. The minimum absolute atomic E-state index is 0.142. The Morgan fingerprint density at radius 3 is 2.79 bits per heavy atom. The van der Waals surface area contributed by atoms with Crippen molar-refractivity contribution in [3.8, 4) is 22.8 Å². The fraction of sp³-hybridized carbons (Fsp3) is 0.0952. The maximum Gasteiger partial charge on any atom is 0.245 e. The molecule has 0 fully saturated rings. The van der Waals surface area contributed by atoms with Crippen molar-refractivity contribution in [3.63, 3.8) is 0 Å². The number of nitrogens with one attached hydrogen (secondary N) is 2. The maximum atomic E-state index is 12.1. The molecule has 2 aromatic carbocycles. The number of hydrogen-bond donors (Lipinski definition) is 2. The molecule has 0 radical (unpaired) electrons. The van der Waals surface area contributed by atoms with Gasteiger partial charge in [-0.25, -0.2) is 4.98 Å². The molecule has 2 N–H and O–H groups in total. The summed E-state index contributed by atoms with van der Waals surface area (Å²) in [5.74, 6) is 0.684. The molecule has 8 heteroatoms. The van der Waals surface area contributed by atoms with Gasteiger partial charge in [0.2, 0.25) is 18.6 Å². The summed E-state index contributed by atoms with van der Waals surface area (Å²) in [4.78, 5) is 28.3. The van der Waals surface area contributed by atoms with Crippen molar-refractivity contribution in [2.75, 3.05) is 18.7 Å². The van der Waals surface area contributed by atoms with Gasteiger partial charge >= 0.3 is 0 Å². The normalized spacial score (nSPS) is 12.1. The van der Waals surface area contributed by atoms with Gasteiger partial charge in [0.05, 0.1) is 12.2 Å². The van der Waals surface area contributed by atoms with Crippen LogP contribution in [0.1, 0.15) is 5.56 Å². The number of ether oxygens (including phenoxy) is 2. The summed E-state index contributed by atoms with van der Waals surface area (Å²) in [5, 5.41) is 7.53. The molecule has 1 aromatic heterocycles. The molecule has 7 nitrogen and oxygen atoms in total. The predicted octanol–water partition coefficient (Wildman–Crippen LogP) is 3.31. The van der Waals surface area contributed by atoms with Crippen molar-refractivity contribution in [1.82, 2.24) is 10.3 Å². The Labute approximate surface area is 171 Å². The van der Waals surface area contributed by atoms with E-state index in [0.29, 0.717) is 16.6 Å². The van der Waals surface area contributed by atoms with Gasteiger partial charge in [-0.1, -0.05) is 30.3 Å². The fourth-order valence-electron chi connectivity index (χ4n) is 2.65. The van der Waals surface area contributed by atoms with E-state index >= 15 is 0 Å². The second-order valence-corrected chi connectivity index (χ2v) is 6.97. The van der Waals surface area contributed by atoms with Crippen LogP contribution in [0, 0.1) is 0 Å². The van der Waals surface area contributed by atoms with Crippen LogP contribution in [0.4, 0.5) is 5.13 Å². The molecular weight excluding hydrogens is 390 g/mol. The van der Waals surface area contributed by atoms with E-state index in [1.165, 1.54) is 17.4 Å². The number of aromatic nitrogens is 1. The molecule has 2 amide bonds. The topological polar surface area (TPSA) is 89.6 Å². The zero-order chi connectivity index (χ0) is 20.1. The summed E-state index contributed by atoms with van der Waals surface area (Å²) in [6.07, 6.45) is 3.08. The second-order valence-electron chi connectivity index (χ2n) is 6.12. The number of fused-ring (bicyclic) bond motifs is 1. The molecule has 0 aliphatic carbocycles. The van der Waals surface area contributed by atoms with Gasteiger partial charge in [-0.2, -0.15) is 0 Å². The van der Waals surface area contributed by atoms with E-state index in [-0.39, 0.29) is 25.2 Å². The van der Waals surface area contributed by atoms with Gasteiger partial charge in [-0.3, -0.25) is 9.59 Å². The lowest BCUT2D eigenvalue weighted by Crippen LogP contribution is -2.31. The highest BCUT2D eigenvalue weighted by Crippen LogP contribution is 2.36. The molecule has 0 unspecified atom stereocenters. The van der Waals surface area contributed by atoms with Crippen LogP contribution < -0.4 is 20.1 Å². The molecule has 29 heavy (non-hydrogen) atoms. The number of benzene rings is 2. The zero-order valence-electron chi connectivity index (χ0n) is 15.3. The Kier molecular flexibility index (Phi) is 5.53. The summed E-state index contributed by atoms with van der Waals surface area (Å²) < 4.78 is 10.7. The van der Waals surface area contributed by atoms with Gasteiger partial charge in [0.1, 0.15) is 0 Å². The van der Waals surface area contributed by atoms with Crippen LogP contribution in [-0.2, 0) is 9.59 Å². The Bertz CT molecular complexity index is 1060. The van der Waals surface area contributed by atoms with Gasteiger partial charge in [-0.05, 0) is 29.8 Å². The molecule has 146 valence electrons. The van der Waals surface area contributed by atoms with E-state index in [2.05, 4.69) is 15.6 Å². The third-order valence-electron chi connectivity index (χ3n) is 4.07. The molecule has 0 bridgehead atoms. The molecular formula is C21H17N3O4S. The summed E-state index contributed by atoms with van der Waals surface area (Å²) in [6.45, 7) is 0.0698. The quantitative estimate of drug-likeness (QED) is 0.612. The number of hydrogen-bond acceptors (Lipinski definition) is 6. The van der Waals surface area contributed by atoms with Crippen LogP contribution in [0.25, 0.3) is 17.3 Å². The van der Waals surface area contributed by atoms with E-state index in [1.54, 1.807) is 6.08 Å². The fourth-order valence-corrected chi connectivity index (χ4v) is 3.38. The standard InChI is InChI=1S/C21H17N3O4S/c25-19(9-6-14-4-2-1-3-5-14)22-11-20(26)24-21-23-16(12-29-21)15-7-8-17-18(10-15)28-13-27-17/h1-10,12H,11,13H2,(H,22,25)(H,23,24,26). The Morgan fingerprint density at radius 2 is 1.93 bits per heavy atom. The molecule has 0 saturated carbocycles. The van der Waals surface area contributed by atoms with Crippen molar-refractivity contribution in [2.45, 2.75) is 0 Å². The number of thiazole rings is 1. The number of rotatable bonds is 6. The molecule has 1 aliphatic rings. The van der Waals surface area contributed by atoms with Crippen LogP contribution >= 0.6 is 11.3 Å². The molecule has 1 aliphatic heterocycles. The smallest absolute Gasteiger partial charge is 0.245 e. The first kappa shape index (κ1) is 18.7. The molecule has 0 atom stereocenters. The van der Waals surface area contributed by atoms with Gasteiger partial charge in [-0.15, -0.1) is 11.3 Å². The molecule has 0 saturated heterocycles. The SMILES string of the molecule is O=C(C=Cc1ccccc1)NCC(=O)Nc1nc(-c2ccc3c(c2)OCO3)cs1. The van der Waals surface area contributed by atoms with Crippen LogP contribution in [0.5, 0.6) is 11.5 Å². The first-order chi connectivity index (χ1) is 14.2. The minimum Gasteiger partial charge on any atom is -0.454 e. The van der Waals surface area contributed by atoms with Crippen molar-refractivity contribution in [2.24, 2.45) is 0 Å². The van der Waals surface area contributed by atoms with Crippen LogP contribution in [0.15, 0.2) is 60.0 Å². The van der Waals surface area contributed by atoms with E-state index in [9.17, 15) is 9.59 Å². The first-order valence-electron chi connectivity index (χ1n) is 8.84. The van der Waals surface area contributed by atoms with Crippen molar-refractivity contribution in [1.29, 1.82) is 0 Å². The highest BCUT2D eigenvalue weighted by atomic mass is 32.1. The summed E-state index contributed by atoms with van der Waals surface area (Å²) in [6, 6.07) is 15.0. The maximum absolute atomic E-state index is 12.1. The monoisotopic (exact) mass is 407 g/mol. The summed E-state index contributed by atoms with van der Waals surface area (Å²) in [7, 11) is 0. The number of nitrogens with zero attached hydrogens (tertiary/aromatic N) is 1.